The molecule has 87 heavy (non-hydrogen) atoms. The number of hydrogen-bond acceptors (Lipinski definition) is 3. The van der Waals surface area contributed by atoms with E-state index < -0.39 is 11.7 Å². The Bertz CT molecular complexity index is 4710. The summed E-state index contributed by atoms with van der Waals surface area (Å²) < 4.78 is 53.1. The van der Waals surface area contributed by atoms with E-state index in [4.69, 9.17) is 15.0 Å². The topological polar surface area (TPSA) is 53.5 Å². The highest BCUT2D eigenvalue weighted by Crippen LogP contribution is 2.44. The summed E-state index contributed by atoms with van der Waals surface area (Å²) in [6.45, 7) is 13.2. The van der Waals surface area contributed by atoms with Gasteiger partial charge in [-0.15, -0.1) is 0 Å². The first-order valence-corrected chi connectivity index (χ1v) is 29.5. The van der Waals surface area contributed by atoms with Crippen LogP contribution in [0.5, 0.6) is 0 Å². The van der Waals surface area contributed by atoms with Crippen LogP contribution in [0.4, 0.5) is 13.2 Å². The van der Waals surface area contributed by atoms with Gasteiger partial charge in [0, 0.05) is 37.9 Å². The molecular formula is C78H59F3N6. The van der Waals surface area contributed by atoms with Crippen molar-refractivity contribution in [3.63, 3.8) is 0 Å². The summed E-state index contributed by atoms with van der Waals surface area (Å²) >= 11 is 0. The molecule has 0 aliphatic rings. The Hall–Kier alpha value is -10.4. The average molecular weight is 1140 g/mol. The molecule has 0 radical (unpaired) electrons. The Morgan fingerprint density at radius 2 is 0.575 bits per heavy atom. The van der Waals surface area contributed by atoms with Crippen molar-refractivity contribution >= 4 is 65.4 Å². The highest BCUT2D eigenvalue weighted by atomic mass is 19.4. The minimum Gasteiger partial charge on any atom is -0.309 e. The van der Waals surface area contributed by atoms with Crippen molar-refractivity contribution in [2.75, 3.05) is 0 Å². The van der Waals surface area contributed by atoms with Gasteiger partial charge in [-0.25, -0.2) is 0 Å². The minimum atomic E-state index is -4.71. The van der Waals surface area contributed by atoms with E-state index in [1.165, 1.54) is 12.1 Å². The van der Waals surface area contributed by atoms with E-state index in [-0.39, 0.29) is 34.1 Å². The van der Waals surface area contributed by atoms with Gasteiger partial charge < -0.3 is 4.57 Å². The molecule has 15 rings (SSSR count). The zero-order chi connectivity index (χ0) is 59.5. The molecule has 0 fully saturated rings. The number of fused-ring (bicyclic) bond motifs is 9. The summed E-state index contributed by atoms with van der Waals surface area (Å²) in [6, 6.07) is 83.9. The molecule has 0 spiro atoms. The largest absolute Gasteiger partial charge is 0.416 e. The Morgan fingerprint density at radius 1 is 0.276 bits per heavy atom. The molecule has 422 valence electrons. The molecule has 0 saturated heterocycles. The van der Waals surface area contributed by atoms with E-state index >= 15 is 13.2 Å². The van der Waals surface area contributed by atoms with Gasteiger partial charge in [-0.1, -0.05) is 199 Å². The quantitative estimate of drug-likeness (QED) is 0.152. The maximum Gasteiger partial charge on any atom is 0.416 e. The van der Waals surface area contributed by atoms with E-state index in [1.54, 1.807) is 6.07 Å². The molecule has 0 saturated carbocycles. The van der Waals surface area contributed by atoms with Crippen molar-refractivity contribution in [3.05, 3.63) is 265 Å². The van der Waals surface area contributed by atoms with Crippen molar-refractivity contribution in [1.82, 2.24) is 28.7 Å². The van der Waals surface area contributed by atoms with E-state index in [1.807, 2.05) is 81.9 Å². The van der Waals surface area contributed by atoms with Gasteiger partial charge in [0.15, 0.2) is 5.82 Å². The van der Waals surface area contributed by atoms with Gasteiger partial charge >= 0.3 is 6.18 Å². The molecular weight excluding hydrogens is 1080 g/mol. The standard InChI is InChI=1S/C78H59F3N6/c1-76(2,3)56-31-38-66-63(45-56)64-46-57(77(4,5)6)32-39-67(64)85(66)72-40-33-58(78(79,80)81)47-65(72)73-82-74(86-68-34-27-52(48-19-11-7-12-20-48)41-59(68)60-42-53(28-35-69(60)86)49-21-13-8-14-22-49)84-75(83-73)87-70-36-29-54(50-23-15-9-16-24-50)43-61(70)62-44-55(30-37-71(62)87)51-25-17-10-18-26-51/h7-47H,1-6H3. The van der Waals surface area contributed by atoms with Crippen LogP contribution in [0.1, 0.15) is 58.2 Å². The Kier molecular flexibility index (Phi) is 12.3. The molecule has 0 unspecified atom stereocenters. The molecule has 0 aliphatic carbocycles. The lowest BCUT2D eigenvalue weighted by molar-refractivity contribution is -0.137. The normalized spacial score (nSPS) is 12.4. The second-order valence-electron chi connectivity index (χ2n) is 24.9. The first-order chi connectivity index (χ1) is 42.0. The van der Waals surface area contributed by atoms with Gasteiger partial charge in [0.1, 0.15) is 0 Å². The summed E-state index contributed by atoms with van der Waals surface area (Å²) in [5.41, 5.74) is 15.1. The Labute approximate surface area is 502 Å². The van der Waals surface area contributed by atoms with E-state index in [0.717, 1.165) is 121 Å². The summed E-state index contributed by atoms with van der Waals surface area (Å²) in [5.74, 6) is 0.543. The molecule has 0 aliphatic heterocycles. The van der Waals surface area contributed by atoms with E-state index in [0.29, 0.717) is 5.69 Å². The zero-order valence-electron chi connectivity index (χ0n) is 49.0. The van der Waals surface area contributed by atoms with Gasteiger partial charge in [0.25, 0.3) is 0 Å². The van der Waals surface area contributed by atoms with Crippen molar-refractivity contribution in [3.8, 4) is 73.5 Å². The lowest BCUT2D eigenvalue weighted by Gasteiger charge is -2.20. The fraction of sp³-hybridized carbons (Fsp3) is 0.115. The van der Waals surface area contributed by atoms with Gasteiger partial charge in [0.2, 0.25) is 11.9 Å². The van der Waals surface area contributed by atoms with Crippen LogP contribution in [0, 0.1) is 0 Å². The maximum atomic E-state index is 15.6. The predicted molar refractivity (Wildman–Crippen MR) is 352 cm³/mol. The zero-order valence-corrected chi connectivity index (χ0v) is 49.0. The van der Waals surface area contributed by atoms with Crippen LogP contribution in [-0.4, -0.2) is 28.7 Å². The molecule has 9 heteroatoms. The molecule has 0 N–H and O–H groups in total. The SMILES string of the molecule is CC(C)(C)c1ccc2c(c1)c1cc(C(C)(C)C)ccc1n2-c1ccc(C(F)(F)F)cc1-c1nc(-n2c3ccc(-c4ccccc4)cc3c3cc(-c4ccccc4)ccc32)nc(-n2c3ccc(-c4ccccc4)cc3c3cc(-c4ccccc4)ccc32)n1. The smallest absolute Gasteiger partial charge is 0.309 e. The highest BCUT2D eigenvalue weighted by molar-refractivity contribution is 6.14. The van der Waals surface area contributed by atoms with Crippen molar-refractivity contribution in [1.29, 1.82) is 0 Å². The monoisotopic (exact) mass is 1140 g/mol. The van der Waals surface area contributed by atoms with Crippen molar-refractivity contribution < 1.29 is 13.2 Å². The van der Waals surface area contributed by atoms with Gasteiger partial charge in [-0.3, -0.25) is 9.13 Å². The molecule has 0 amide bonds. The number of alkyl halides is 3. The number of nitrogens with zero attached hydrogens (tertiary/aromatic N) is 6. The Morgan fingerprint density at radius 3 is 0.897 bits per heavy atom. The van der Waals surface area contributed by atoms with E-state index in [2.05, 4.69) is 204 Å². The molecule has 11 aromatic carbocycles. The fourth-order valence-electron chi connectivity index (χ4n) is 12.7. The van der Waals surface area contributed by atoms with Crippen LogP contribution in [0.15, 0.2) is 249 Å². The number of aromatic nitrogens is 6. The lowest BCUT2D eigenvalue weighted by atomic mass is 9.85. The average Bonchev–Trinajstić information content (AvgIpc) is 1.63. The third-order valence-electron chi connectivity index (χ3n) is 17.3. The molecule has 15 aromatic rings. The summed E-state index contributed by atoms with van der Waals surface area (Å²) in [7, 11) is 0. The summed E-state index contributed by atoms with van der Waals surface area (Å²) in [5, 5.41) is 5.83. The van der Waals surface area contributed by atoms with Crippen LogP contribution in [0.25, 0.3) is 139 Å². The molecule has 0 atom stereocenters. The van der Waals surface area contributed by atoms with Crippen LogP contribution in [0.2, 0.25) is 0 Å². The third-order valence-corrected chi connectivity index (χ3v) is 17.3. The molecule has 6 nitrogen and oxygen atoms in total. The predicted octanol–water partition coefficient (Wildman–Crippen LogP) is 21.1. The second-order valence-corrected chi connectivity index (χ2v) is 24.9. The first kappa shape index (κ1) is 53.4. The van der Waals surface area contributed by atoms with Gasteiger partial charge in [-0.2, -0.15) is 28.1 Å². The van der Waals surface area contributed by atoms with Gasteiger partial charge in [0.05, 0.1) is 44.4 Å². The lowest BCUT2D eigenvalue weighted by Crippen LogP contribution is -2.12. The van der Waals surface area contributed by atoms with Crippen LogP contribution in [-0.2, 0) is 17.0 Å². The summed E-state index contributed by atoms with van der Waals surface area (Å²) in [6.07, 6.45) is -4.71. The fourth-order valence-corrected chi connectivity index (χ4v) is 12.7. The first-order valence-electron chi connectivity index (χ1n) is 29.5. The van der Waals surface area contributed by atoms with Crippen LogP contribution >= 0.6 is 0 Å². The van der Waals surface area contributed by atoms with Gasteiger partial charge in [-0.05, 0) is 157 Å². The number of rotatable bonds is 8. The third kappa shape index (κ3) is 9.24. The van der Waals surface area contributed by atoms with Crippen LogP contribution in [0.3, 0.4) is 0 Å². The summed E-state index contributed by atoms with van der Waals surface area (Å²) in [4.78, 5) is 16.5. The maximum absolute atomic E-state index is 15.6. The molecule has 4 heterocycles. The number of halogens is 3. The van der Waals surface area contributed by atoms with Crippen molar-refractivity contribution in [2.45, 2.75) is 58.5 Å². The minimum absolute atomic E-state index is 0.0670. The number of hydrogen-bond donors (Lipinski definition) is 0. The Balaban J connectivity index is 1.07. The van der Waals surface area contributed by atoms with E-state index in [9.17, 15) is 0 Å². The highest BCUT2D eigenvalue weighted by Gasteiger charge is 2.33. The van der Waals surface area contributed by atoms with Crippen molar-refractivity contribution in [2.24, 2.45) is 0 Å². The van der Waals surface area contributed by atoms with Crippen LogP contribution < -0.4 is 0 Å². The second kappa shape index (κ2) is 20.1. The molecule has 0 bridgehead atoms. The molecule has 4 aromatic heterocycles. The number of benzene rings is 11.